The second kappa shape index (κ2) is 14.9. The van der Waals surface area contributed by atoms with Crippen LogP contribution in [0.25, 0.3) is 0 Å². The number of rotatable bonds is 14. The summed E-state index contributed by atoms with van der Waals surface area (Å²) in [4.78, 5) is 0. The second-order valence-electron chi connectivity index (χ2n) is 4.41. The van der Waals surface area contributed by atoms with Gasteiger partial charge in [0.15, 0.2) is 0 Å². The molecule has 0 aliphatic heterocycles. The van der Waals surface area contributed by atoms with E-state index >= 15 is 0 Å². The second-order valence-corrected chi connectivity index (χ2v) is 4.41. The fraction of sp³-hybridized carbons (Fsp3) is 1.00. The summed E-state index contributed by atoms with van der Waals surface area (Å²) in [6.07, 6.45) is 4.97. The summed E-state index contributed by atoms with van der Waals surface area (Å²) in [5.41, 5.74) is 0. The first-order chi connectivity index (χ1) is 8.85. The van der Waals surface area contributed by atoms with Crippen LogP contribution in [0.15, 0.2) is 0 Å². The molecule has 0 amide bonds. The quantitative estimate of drug-likeness (QED) is 0.488. The van der Waals surface area contributed by atoms with Gasteiger partial charge in [-0.05, 0) is 12.3 Å². The largest absolute Gasteiger partial charge is 0.394 e. The fourth-order valence-electron chi connectivity index (χ4n) is 1.82. The Balaban J connectivity index is 3.10. The average Bonchev–Trinajstić information content (AvgIpc) is 2.39. The van der Waals surface area contributed by atoms with Crippen LogP contribution in [-0.4, -0.2) is 51.4 Å². The van der Waals surface area contributed by atoms with Crippen molar-refractivity contribution < 1.29 is 19.3 Å². The number of hydrogen-bond donors (Lipinski definition) is 1. The van der Waals surface area contributed by atoms with Crippen LogP contribution in [0.2, 0.25) is 0 Å². The first kappa shape index (κ1) is 17.8. The van der Waals surface area contributed by atoms with Crippen molar-refractivity contribution in [3.05, 3.63) is 0 Å². The minimum Gasteiger partial charge on any atom is -0.394 e. The highest BCUT2D eigenvalue weighted by Crippen LogP contribution is 2.14. The molecule has 0 aromatic rings. The van der Waals surface area contributed by atoms with E-state index in [1.54, 1.807) is 0 Å². The van der Waals surface area contributed by atoms with Gasteiger partial charge in [-0.1, -0.05) is 33.1 Å². The van der Waals surface area contributed by atoms with Gasteiger partial charge in [-0.2, -0.15) is 0 Å². The molecule has 18 heavy (non-hydrogen) atoms. The van der Waals surface area contributed by atoms with Crippen molar-refractivity contribution in [1.29, 1.82) is 0 Å². The Morgan fingerprint density at radius 3 is 1.83 bits per heavy atom. The molecule has 0 saturated heterocycles. The molecule has 4 heteroatoms. The highest BCUT2D eigenvalue weighted by molar-refractivity contribution is 4.55. The minimum atomic E-state index is 0.0689. The molecule has 4 nitrogen and oxygen atoms in total. The molecule has 0 saturated carbocycles. The summed E-state index contributed by atoms with van der Waals surface area (Å²) < 4.78 is 15.9. The smallest absolute Gasteiger partial charge is 0.0701 e. The Kier molecular flexibility index (Phi) is 14.8. The lowest BCUT2D eigenvalue weighted by Crippen LogP contribution is -2.12. The molecule has 0 spiro atoms. The molecule has 1 unspecified atom stereocenters. The van der Waals surface area contributed by atoms with E-state index in [-0.39, 0.29) is 6.61 Å². The van der Waals surface area contributed by atoms with Crippen LogP contribution in [0.5, 0.6) is 0 Å². The molecular weight excluding hydrogens is 232 g/mol. The number of aliphatic hydroxyl groups is 1. The number of aliphatic hydroxyl groups excluding tert-OH is 1. The van der Waals surface area contributed by atoms with Crippen LogP contribution in [-0.2, 0) is 14.2 Å². The highest BCUT2D eigenvalue weighted by atomic mass is 16.5. The zero-order valence-electron chi connectivity index (χ0n) is 12.0. The van der Waals surface area contributed by atoms with Crippen molar-refractivity contribution in [3.63, 3.8) is 0 Å². The summed E-state index contributed by atoms with van der Waals surface area (Å²) in [6, 6.07) is 0. The monoisotopic (exact) mass is 262 g/mol. The zero-order chi connectivity index (χ0) is 13.5. The van der Waals surface area contributed by atoms with E-state index in [1.165, 1.54) is 19.3 Å². The zero-order valence-corrected chi connectivity index (χ0v) is 12.0. The topological polar surface area (TPSA) is 47.9 Å². The maximum Gasteiger partial charge on any atom is 0.0701 e. The molecule has 110 valence electrons. The van der Waals surface area contributed by atoms with Gasteiger partial charge < -0.3 is 19.3 Å². The van der Waals surface area contributed by atoms with Gasteiger partial charge in [-0.25, -0.2) is 0 Å². The lowest BCUT2D eigenvalue weighted by molar-refractivity contribution is 0.00573. The summed E-state index contributed by atoms with van der Waals surface area (Å²) >= 11 is 0. The maximum absolute atomic E-state index is 8.48. The van der Waals surface area contributed by atoms with Crippen molar-refractivity contribution in [3.8, 4) is 0 Å². The van der Waals surface area contributed by atoms with Crippen molar-refractivity contribution in [2.75, 3.05) is 46.2 Å². The van der Waals surface area contributed by atoms with E-state index in [9.17, 15) is 0 Å². The normalized spacial score (nSPS) is 12.8. The van der Waals surface area contributed by atoms with Gasteiger partial charge in [0.05, 0.1) is 39.6 Å². The van der Waals surface area contributed by atoms with Crippen LogP contribution in [0.3, 0.4) is 0 Å². The SMILES string of the molecule is CCCC(CC)CCOCCOCCOCCO. The van der Waals surface area contributed by atoms with Crippen LogP contribution in [0, 0.1) is 5.92 Å². The molecule has 0 aliphatic carbocycles. The molecule has 0 rings (SSSR count). The molecule has 0 heterocycles. The van der Waals surface area contributed by atoms with Gasteiger partial charge in [-0.15, -0.1) is 0 Å². The van der Waals surface area contributed by atoms with Crippen molar-refractivity contribution in [1.82, 2.24) is 0 Å². The molecule has 0 aliphatic rings. The number of hydrogen-bond acceptors (Lipinski definition) is 4. The van der Waals surface area contributed by atoms with Gasteiger partial charge in [0.25, 0.3) is 0 Å². The lowest BCUT2D eigenvalue weighted by Gasteiger charge is -2.13. The maximum atomic E-state index is 8.48. The van der Waals surface area contributed by atoms with Crippen LogP contribution in [0.1, 0.15) is 39.5 Å². The Hall–Kier alpha value is -0.160. The van der Waals surface area contributed by atoms with Gasteiger partial charge in [0.2, 0.25) is 0 Å². The molecule has 0 radical (unpaired) electrons. The van der Waals surface area contributed by atoms with Crippen molar-refractivity contribution in [2.24, 2.45) is 5.92 Å². The standard InChI is InChI=1S/C14H30O4/c1-3-5-14(4-2)6-8-16-10-12-18-13-11-17-9-7-15/h14-15H,3-13H2,1-2H3. The van der Waals surface area contributed by atoms with Crippen LogP contribution >= 0.6 is 0 Å². The number of ether oxygens (including phenoxy) is 3. The molecule has 0 fully saturated rings. The molecule has 0 aromatic heterocycles. The van der Waals surface area contributed by atoms with E-state index < -0.39 is 0 Å². The van der Waals surface area contributed by atoms with E-state index in [0.29, 0.717) is 33.0 Å². The van der Waals surface area contributed by atoms with E-state index in [4.69, 9.17) is 19.3 Å². The first-order valence-electron chi connectivity index (χ1n) is 7.19. The molecule has 1 atom stereocenters. The Labute approximate surface area is 112 Å². The third-order valence-electron chi connectivity index (χ3n) is 2.92. The fourth-order valence-corrected chi connectivity index (χ4v) is 1.82. The van der Waals surface area contributed by atoms with Crippen LogP contribution < -0.4 is 0 Å². The third kappa shape index (κ3) is 12.3. The Bertz CT molecular complexity index is 153. The van der Waals surface area contributed by atoms with Gasteiger partial charge in [0.1, 0.15) is 0 Å². The molecular formula is C14H30O4. The van der Waals surface area contributed by atoms with Gasteiger partial charge >= 0.3 is 0 Å². The van der Waals surface area contributed by atoms with E-state index in [2.05, 4.69) is 13.8 Å². The van der Waals surface area contributed by atoms with Crippen molar-refractivity contribution in [2.45, 2.75) is 39.5 Å². The van der Waals surface area contributed by atoms with Gasteiger partial charge in [-0.3, -0.25) is 0 Å². The predicted octanol–water partition coefficient (Wildman–Crippen LogP) is 2.24. The Morgan fingerprint density at radius 2 is 1.33 bits per heavy atom. The third-order valence-corrected chi connectivity index (χ3v) is 2.92. The molecule has 0 aromatic carbocycles. The van der Waals surface area contributed by atoms with Crippen LogP contribution in [0.4, 0.5) is 0 Å². The minimum absolute atomic E-state index is 0.0689. The van der Waals surface area contributed by atoms with Crippen molar-refractivity contribution >= 4 is 0 Å². The summed E-state index contributed by atoms with van der Waals surface area (Å²) in [6.45, 7) is 8.14. The van der Waals surface area contributed by atoms with Gasteiger partial charge in [0, 0.05) is 6.61 Å². The van der Waals surface area contributed by atoms with E-state index in [0.717, 1.165) is 18.9 Å². The first-order valence-corrected chi connectivity index (χ1v) is 7.19. The predicted molar refractivity (Wildman–Crippen MR) is 72.8 cm³/mol. The lowest BCUT2D eigenvalue weighted by atomic mass is 9.98. The summed E-state index contributed by atoms with van der Waals surface area (Å²) in [5.74, 6) is 0.808. The highest BCUT2D eigenvalue weighted by Gasteiger charge is 2.04. The van der Waals surface area contributed by atoms with E-state index in [1.807, 2.05) is 0 Å². The summed E-state index contributed by atoms with van der Waals surface area (Å²) in [7, 11) is 0. The molecule has 1 N–H and O–H groups in total. The Morgan fingerprint density at radius 1 is 0.778 bits per heavy atom. The molecule has 0 bridgehead atoms. The summed E-state index contributed by atoms with van der Waals surface area (Å²) in [5, 5.41) is 8.48. The average molecular weight is 262 g/mol.